The molecule has 0 aliphatic heterocycles. The van der Waals surface area contributed by atoms with Crippen molar-refractivity contribution in [3.63, 3.8) is 0 Å². The number of nitrogens with one attached hydrogen (secondary N) is 1. The molecule has 0 radical (unpaired) electrons. The highest BCUT2D eigenvalue weighted by molar-refractivity contribution is 14.1. The molecule has 0 aliphatic carbocycles. The molecule has 0 fully saturated rings. The molecule has 0 aromatic carbocycles. The second-order valence-corrected chi connectivity index (χ2v) is 2.97. The van der Waals surface area contributed by atoms with Crippen molar-refractivity contribution in [2.75, 3.05) is 6.61 Å². The summed E-state index contributed by atoms with van der Waals surface area (Å²) in [5.41, 5.74) is 0. The SMILES string of the molecule is CCCC(NI)C(O)OCC. The number of hydrogen-bond acceptors (Lipinski definition) is 3. The van der Waals surface area contributed by atoms with Crippen molar-refractivity contribution in [1.29, 1.82) is 0 Å². The van der Waals surface area contributed by atoms with E-state index in [9.17, 15) is 5.11 Å². The molecule has 0 aromatic heterocycles. The van der Waals surface area contributed by atoms with Gasteiger partial charge in [-0.25, -0.2) is 0 Å². The van der Waals surface area contributed by atoms with Crippen LogP contribution in [0, 0.1) is 0 Å². The van der Waals surface area contributed by atoms with Crippen LogP contribution in [0.15, 0.2) is 0 Å². The Morgan fingerprint density at radius 2 is 2.18 bits per heavy atom. The van der Waals surface area contributed by atoms with Crippen LogP contribution in [0.25, 0.3) is 0 Å². The third-order valence-electron chi connectivity index (χ3n) is 1.42. The van der Waals surface area contributed by atoms with Gasteiger partial charge in [0.25, 0.3) is 0 Å². The molecule has 0 bridgehead atoms. The Kier molecular flexibility index (Phi) is 7.67. The van der Waals surface area contributed by atoms with Crippen molar-refractivity contribution in [1.82, 2.24) is 3.53 Å². The number of aliphatic hydroxyl groups excluding tert-OH is 1. The molecule has 4 heteroatoms. The van der Waals surface area contributed by atoms with Crippen LogP contribution >= 0.6 is 22.9 Å². The van der Waals surface area contributed by atoms with Gasteiger partial charge in [-0.2, -0.15) is 0 Å². The monoisotopic (exact) mass is 273 g/mol. The molecule has 0 saturated carbocycles. The lowest BCUT2D eigenvalue weighted by molar-refractivity contribution is -0.112. The summed E-state index contributed by atoms with van der Waals surface area (Å²) in [6.07, 6.45) is 1.31. The normalized spacial score (nSPS) is 16.4. The summed E-state index contributed by atoms with van der Waals surface area (Å²) in [7, 11) is 0. The lowest BCUT2D eigenvalue weighted by Gasteiger charge is -2.20. The molecule has 2 unspecified atom stereocenters. The van der Waals surface area contributed by atoms with Gasteiger partial charge in [0.2, 0.25) is 0 Å². The van der Waals surface area contributed by atoms with Crippen molar-refractivity contribution in [2.45, 2.75) is 39.0 Å². The molecule has 0 amide bonds. The van der Waals surface area contributed by atoms with Crippen LogP contribution < -0.4 is 3.53 Å². The third kappa shape index (κ3) is 4.95. The van der Waals surface area contributed by atoms with E-state index < -0.39 is 6.29 Å². The predicted octanol–water partition coefficient (Wildman–Crippen LogP) is 1.45. The molecule has 68 valence electrons. The summed E-state index contributed by atoms with van der Waals surface area (Å²) in [5, 5.41) is 9.35. The maximum absolute atomic E-state index is 9.35. The fourth-order valence-corrected chi connectivity index (χ4v) is 1.47. The van der Waals surface area contributed by atoms with Gasteiger partial charge in [0, 0.05) is 29.5 Å². The van der Waals surface area contributed by atoms with Crippen molar-refractivity contribution >= 4 is 22.9 Å². The van der Waals surface area contributed by atoms with Crippen LogP contribution in [0.4, 0.5) is 0 Å². The minimum atomic E-state index is -0.670. The summed E-state index contributed by atoms with van der Waals surface area (Å²) < 4.78 is 8.02. The lowest BCUT2D eigenvalue weighted by Crippen LogP contribution is -2.36. The van der Waals surface area contributed by atoms with E-state index in [1.54, 1.807) is 0 Å². The molecular weight excluding hydrogens is 257 g/mol. The lowest BCUT2D eigenvalue weighted by atomic mass is 10.2. The molecule has 0 rings (SSSR count). The van der Waals surface area contributed by atoms with Gasteiger partial charge in [-0.1, -0.05) is 13.3 Å². The van der Waals surface area contributed by atoms with Gasteiger partial charge in [0.05, 0.1) is 6.04 Å². The fraction of sp³-hybridized carbons (Fsp3) is 1.00. The maximum Gasteiger partial charge on any atom is 0.170 e. The minimum Gasteiger partial charge on any atom is -0.367 e. The zero-order valence-electron chi connectivity index (χ0n) is 7.01. The molecule has 2 N–H and O–H groups in total. The first kappa shape index (κ1) is 11.6. The number of aliphatic hydroxyl groups is 1. The van der Waals surface area contributed by atoms with Crippen LogP contribution in [0.5, 0.6) is 0 Å². The summed E-state index contributed by atoms with van der Waals surface area (Å²) in [6.45, 7) is 4.51. The first-order chi connectivity index (χ1) is 5.26. The van der Waals surface area contributed by atoms with Crippen molar-refractivity contribution in [3.8, 4) is 0 Å². The Morgan fingerprint density at radius 1 is 1.55 bits per heavy atom. The second-order valence-electron chi connectivity index (χ2n) is 2.35. The topological polar surface area (TPSA) is 41.5 Å². The van der Waals surface area contributed by atoms with E-state index in [2.05, 4.69) is 10.5 Å². The average molecular weight is 273 g/mol. The Labute approximate surface area is 82.0 Å². The zero-order chi connectivity index (χ0) is 8.69. The van der Waals surface area contributed by atoms with Gasteiger partial charge in [-0.3, -0.25) is 3.53 Å². The highest BCUT2D eigenvalue weighted by Crippen LogP contribution is 2.05. The molecule has 11 heavy (non-hydrogen) atoms. The Hall–Kier alpha value is 0.610. The summed E-state index contributed by atoms with van der Waals surface area (Å²) in [4.78, 5) is 0. The van der Waals surface area contributed by atoms with Crippen molar-refractivity contribution in [2.24, 2.45) is 0 Å². The van der Waals surface area contributed by atoms with E-state index >= 15 is 0 Å². The smallest absolute Gasteiger partial charge is 0.170 e. The Balaban J connectivity index is 3.61. The third-order valence-corrected chi connectivity index (χ3v) is 2.22. The van der Waals surface area contributed by atoms with Crippen molar-refractivity contribution < 1.29 is 9.84 Å². The molecular formula is C7H16INO2. The van der Waals surface area contributed by atoms with Gasteiger partial charge in [-0.05, 0) is 13.3 Å². The summed E-state index contributed by atoms with van der Waals surface area (Å²) in [5.74, 6) is 0. The molecule has 0 aliphatic rings. The van der Waals surface area contributed by atoms with Gasteiger partial charge >= 0.3 is 0 Å². The average Bonchev–Trinajstić information content (AvgIpc) is 2.00. The number of hydrogen-bond donors (Lipinski definition) is 2. The number of ether oxygens (including phenoxy) is 1. The largest absolute Gasteiger partial charge is 0.367 e. The Bertz CT molecular complexity index is 92.5. The van der Waals surface area contributed by atoms with Gasteiger partial charge in [0.15, 0.2) is 6.29 Å². The van der Waals surface area contributed by atoms with E-state index in [0.717, 1.165) is 12.8 Å². The van der Waals surface area contributed by atoms with Crippen LogP contribution in [0.1, 0.15) is 26.7 Å². The van der Waals surface area contributed by atoms with E-state index in [4.69, 9.17) is 4.74 Å². The van der Waals surface area contributed by atoms with Crippen LogP contribution in [-0.4, -0.2) is 24.0 Å². The quantitative estimate of drug-likeness (QED) is 0.437. The second kappa shape index (κ2) is 7.27. The first-order valence-electron chi connectivity index (χ1n) is 3.92. The summed E-state index contributed by atoms with van der Waals surface area (Å²) >= 11 is 2.04. The molecule has 2 atom stereocenters. The molecule has 0 aromatic rings. The van der Waals surface area contributed by atoms with Gasteiger partial charge in [-0.15, -0.1) is 0 Å². The molecule has 0 saturated heterocycles. The van der Waals surface area contributed by atoms with Crippen molar-refractivity contribution in [3.05, 3.63) is 0 Å². The predicted molar refractivity (Wildman–Crippen MR) is 53.5 cm³/mol. The van der Waals surface area contributed by atoms with Gasteiger partial charge in [0.1, 0.15) is 0 Å². The van der Waals surface area contributed by atoms with E-state index in [-0.39, 0.29) is 6.04 Å². The van der Waals surface area contributed by atoms with Gasteiger partial charge < -0.3 is 9.84 Å². The maximum atomic E-state index is 9.35. The molecule has 3 nitrogen and oxygen atoms in total. The zero-order valence-corrected chi connectivity index (χ0v) is 9.17. The minimum absolute atomic E-state index is 0.0561. The number of rotatable bonds is 6. The van der Waals surface area contributed by atoms with Crippen LogP contribution in [0.2, 0.25) is 0 Å². The first-order valence-corrected chi connectivity index (χ1v) is 4.99. The Morgan fingerprint density at radius 3 is 2.55 bits per heavy atom. The standard InChI is InChI=1S/C7H16INO2/c1-3-5-6(9-8)7(10)11-4-2/h6-7,9-10H,3-5H2,1-2H3. The van der Waals surface area contributed by atoms with Crippen LogP contribution in [0.3, 0.4) is 0 Å². The summed E-state index contributed by atoms with van der Waals surface area (Å²) in [6, 6.07) is 0.0561. The fourth-order valence-electron chi connectivity index (χ4n) is 0.849. The van der Waals surface area contributed by atoms with E-state index in [1.165, 1.54) is 0 Å². The number of halogens is 1. The molecule has 0 spiro atoms. The van der Waals surface area contributed by atoms with Crippen LogP contribution in [-0.2, 0) is 4.74 Å². The highest BCUT2D eigenvalue weighted by atomic mass is 127. The molecule has 0 heterocycles. The highest BCUT2D eigenvalue weighted by Gasteiger charge is 2.16. The van der Waals surface area contributed by atoms with E-state index in [0.29, 0.717) is 6.61 Å². The van der Waals surface area contributed by atoms with E-state index in [1.807, 2.05) is 29.8 Å².